The minimum atomic E-state index is -3.64. The van der Waals surface area contributed by atoms with Crippen LogP contribution in [0.5, 0.6) is 0 Å². The van der Waals surface area contributed by atoms with Gasteiger partial charge in [0.05, 0.1) is 24.9 Å². The minimum Gasteiger partial charge on any atom is -0.377 e. The van der Waals surface area contributed by atoms with Gasteiger partial charge in [-0.15, -0.1) is 0 Å². The van der Waals surface area contributed by atoms with Gasteiger partial charge in [-0.05, 0) is 38.0 Å². The largest absolute Gasteiger partial charge is 0.377 e. The van der Waals surface area contributed by atoms with Crippen LogP contribution in [-0.2, 0) is 14.9 Å². The fourth-order valence-corrected chi connectivity index (χ4v) is 4.53. The first-order valence-corrected chi connectivity index (χ1v) is 10.2. The quantitative estimate of drug-likeness (QED) is 0.830. The van der Waals surface area contributed by atoms with E-state index in [1.807, 2.05) is 6.92 Å². The lowest BCUT2D eigenvalue weighted by Gasteiger charge is -2.33. The molecule has 1 saturated carbocycles. The van der Waals surface area contributed by atoms with Crippen LogP contribution in [0.25, 0.3) is 0 Å². The number of morpholine rings is 1. The topological polar surface area (TPSA) is 87.7 Å². The van der Waals surface area contributed by atoms with Gasteiger partial charge in [0, 0.05) is 18.2 Å². The molecule has 1 saturated heterocycles. The van der Waals surface area contributed by atoms with E-state index in [1.165, 1.54) is 0 Å². The Morgan fingerprint density at radius 3 is 2.76 bits per heavy atom. The van der Waals surface area contributed by atoms with Crippen molar-refractivity contribution in [2.75, 3.05) is 24.5 Å². The van der Waals surface area contributed by atoms with Gasteiger partial charge >= 0.3 is 0 Å². The Kier molecular flexibility index (Phi) is 5.61. The second-order valence-electron chi connectivity index (χ2n) is 6.71. The summed E-state index contributed by atoms with van der Waals surface area (Å²) in [6.45, 7) is 3.52. The molecule has 3 rings (SSSR count). The number of nitrogens with one attached hydrogen (secondary N) is 2. The lowest BCUT2D eigenvalue weighted by atomic mass is 10.1. The molecule has 1 atom stereocenters. The summed E-state index contributed by atoms with van der Waals surface area (Å²) in [5, 5.41) is 0. The van der Waals surface area contributed by atoms with Crippen molar-refractivity contribution in [3.8, 4) is 0 Å². The molecule has 138 valence electrons. The van der Waals surface area contributed by atoms with E-state index >= 15 is 0 Å². The molecule has 0 bridgehead atoms. The average molecular weight is 367 g/mol. The molecule has 25 heavy (non-hydrogen) atoms. The molecule has 1 unspecified atom stereocenters. The predicted molar refractivity (Wildman–Crippen MR) is 95.7 cm³/mol. The van der Waals surface area contributed by atoms with E-state index in [0.717, 1.165) is 25.7 Å². The van der Waals surface area contributed by atoms with Crippen LogP contribution in [0.2, 0.25) is 0 Å². The van der Waals surface area contributed by atoms with Crippen LogP contribution in [0.3, 0.4) is 0 Å². The number of rotatable bonds is 5. The standard InChI is InChI=1S/C17H25N3O4S/c1-13-12-24-10-9-20(13)17(21)14-5-4-8-16(11-14)19-25(22,23)18-15-6-2-3-7-15/h4-5,8,11,13,15,18-19H,2-3,6-7,9-10,12H2,1H3. The number of amides is 1. The van der Waals surface area contributed by atoms with E-state index in [2.05, 4.69) is 9.44 Å². The van der Waals surface area contributed by atoms with E-state index in [1.54, 1.807) is 29.2 Å². The molecule has 2 N–H and O–H groups in total. The van der Waals surface area contributed by atoms with Gasteiger partial charge in [0.15, 0.2) is 0 Å². The van der Waals surface area contributed by atoms with Gasteiger partial charge in [-0.2, -0.15) is 13.1 Å². The maximum atomic E-state index is 12.7. The smallest absolute Gasteiger partial charge is 0.299 e. The minimum absolute atomic E-state index is 0.00323. The van der Waals surface area contributed by atoms with Crippen molar-refractivity contribution >= 4 is 21.8 Å². The van der Waals surface area contributed by atoms with E-state index < -0.39 is 10.2 Å². The second-order valence-corrected chi connectivity index (χ2v) is 8.15. The highest BCUT2D eigenvalue weighted by molar-refractivity contribution is 7.90. The van der Waals surface area contributed by atoms with Crippen LogP contribution in [0.4, 0.5) is 5.69 Å². The number of anilines is 1. The van der Waals surface area contributed by atoms with Crippen LogP contribution < -0.4 is 9.44 Å². The van der Waals surface area contributed by atoms with Crippen LogP contribution in [0.1, 0.15) is 43.0 Å². The maximum Gasteiger partial charge on any atom is 0.299 e. The summed E-state index contributed by atoms with van der Waals surface area (Å²) < 4.78 is 35.1. The molecule has 1 amide bonds. The van der Waals surface area contributed by atoms with Crippen molar-refractivity contribution in [1.82, 2.24) is 9.62 Å². The van der Waals surface area contributed by atoms with Crippen molar-refractivity contribution in [1.29, 1.82) is 0 Å². The number of benzene rings is 1. The van der Waals surface area contributed by atoms with Gasteiger partial charge in [0.25, 0.3) is 16.1 Å². The Balaban J connectivity index is 1.69. The molecule has 0 spiro atoms. The summed E-state index contributed by atoms with van der Waals surface area (Å²) in [7, 11) is -3.64. The summed E-state index contributed by atoms with van der Waals surface area (Å²) in [4.78, 5) is 14.4. The molecular weight excluding hydrogens is 342 g/mol. The first-order valence-electron chi connectivity index (χ1n) is 8.73. The summed E-state index contributed by atoms with van der Waals surface area (Å²) >= 11 is 0. The van der Waals surface area contributed by atoms with Gasteiger partial charge in [-0.1, -0.05) is 18.9 Å². The fraction of sp³-hybridized carbons (Fsp3) is 0.588. The number of hydrogen-bond donors (Lipinski definition) is 2. The predicted octanol–water partition coefficient (Wildman–Crippen LogP) is 1.74. The van der Waals surface area contributed by atoms with Gasteiger partial charge < -0.3 is 9.64 Å². The average Bonchev–Trinajstić information content (AvgIpc) is 3.06. The summed E-state index contributed by atoms with van der Waals surface area (Å²) in [5.74, 6) is -0.111. The normalized spacial score (nSPS) is 22.1. The van der Waals surface area contributed by atoms with E-state index in [0.29, 0.717) is 31.0 Å². The van der Waals surface area contributed by atoms with Crippen molar-refractivity contribution in [3.63, 3.8) is 0 Å². The number of hydrogen-bond acceptors (Lipinski definition) is 4. The summed E-state index contributed by atoms with van der Waals surface area (Å²) in [5.41, 5.74) is 0.854. The molecule has 2 aliphatic rings. The zero-order valence-electron chi connectivity index (χ0n) is 14.4. The zero-order valence-corrected chi connectivity index (χ0v) is 15.2. The molecule has 1 aliphatic carbocycles. The van der Waals surface area contributed by atoms with Gasteiger partial charge in [0.2, 0.25) is 0 Å². The van der Waals surface area contributed by atoms with E-state index in [-0.39, 0.29) is 18.0 Å². The van der Waals surface area contributed by atoms with Gasteiger partial charge in [-0.3, -0.25) is 9.52 Å². The molecular formula is C17H25N3O4S. The Morgan fingerprint density at radius 1 is 1.28 bits per heavy atom. The fourth-order valence-electron chi connectivity index (χ4n) is 3.36. The van der Waals surface area contributed by atoms with Crippen LogP contribution >= 0.6 is 0 Å². The third-order valence-corrected chi connectivity index (χ3v) is 5.82. The highest BCUT2D eigenvalue weighted by atomic mass is 32.2. The molecule has 1 aromatic rings. The number of carbonyl (C=O) groups excluding carboxylic acids is 1. The molecule has 1 aliphatic heterocycles. The lowest BCUT2D eigenvalue weighted by Crippen LogP contribution is -2.47. The summed E-state index contributed by atoms with van der Waals surface area (Å²) in [6, 6.07) is 6.62. The third kappa shape index (κ3) is 4.71. The molecule has 0 radical (unpaired) electrons. The Bertz CT molecular complexity index is 716. The Morgan fingerprint density at radius 2 is 2.04 bits per heavy atom. The lowest BCUT2D eigenvalue weighted by molar-refractivity contribution is 0.00360. The summed E-state index contributed by atoms with van der Waals surface area (Å²) in [6.07, 6.45) is 3.84. The van der Waals surface area contributed by atoms with Crippen molar-refractivity contribution in [3.05, 3.63) is 29.8 Å². The monoisotopic (exact) mass is 367 g/mol. The van der Waals surface area contributed by atoms with Crippen LogP contribution in [0, 0.1) is 0 Å². The van der Waals surface area contributed by atoms with Gasteiger partial charge in [0.1, 0.15) is 0 Å². The first-order chi connectivity index (χ1) is 11.9. The highest BCUT2D eigenvalue weighted by Crippen LogP contribution is 2.20. The number of nitrogens with zero attached hydrogens (tertiary/aromatic N) is 1. The molecule has 8 heteroatoms. The first kappa shape index (κ1) is 18.2. The SMILES string of the molecule is CC1COCCN1C(=O)c1cccc(NS(=O)(=O)NC2CCCC2)c1. The van der Waals surface area contributed by atoms with Crippen molar-refractivity contribution in [2.24, 2.45) is 0 Å². The van der Waals surface area contributed by atoms with E-state index in [9.17, 15) is 13.2 Å². The number of carbonyl (C=O) groups is 1. The molecule has 7 nitrogen and oxygen atoms in total. The zero-order chi connectivity index (χ0) is 17.9. The molecule has 1 heterocycles. The van der Waals surface area contributed by atoms with Crippen LogP contribution in [0.15, 0.2) is 24.3 Å². The Labute approximate surface area is 148 Å². The van der Waals surface area contributed by atoms with E-state index in [4.69, 9.17) is 4.74 Å². The van der Waals surface area contributed by atoms with Crippen molar-refractivity contribution < 1.29 is 17.9 Å². The Hall–Kier alpha value is -1.64. The second kappa shape index (κ2) is 7.72. The van der Waals surface area contributed by atoms with Crippen LogP contribution in [-0.4, -0.2) is 51.1 Å². The van der Waals surface area contributed by atoms with Crippen molar-refractivity contribution in [2.45, 2.75) is 44.7 Å². The highest BCUT2D eigenvalue weighted by Gasteiger charge is 2.25. The molecule has 2 fully saturated rings. The number of ether oxygens (including phenoxy) is 1. The molecule has 1 aromatic carbocycles. The third-order valence-electron chi connectivity index (χ3n) is 4.67. The molecule has 0 aromatic heterocycles. The maximum absolute atomic E-state index is 12.7. The van der Waals surface area contributed by atoms with Gasteiger partial charge in [-0.25, -0.2) is 0 Å².